The maximum atomic E-state index is 10.7. The lowest BCUT2D eigenvalue weighted by Gasteiger charge is -1.95. The molecular weight excluding hydrogens is 226 g/mol. The molecule has 1 aromatic heterocycles. The highest BCUT2D eigenvalue weighted by molar-refractivity contribution is 8.12. The van der Waals surface area contributed by atoms with Gasteiger partial charge in [-0.3, -0.25) is 4.79 Å². The third kappa shape index (κ3) is 3.30. The van der Waals surface area contributed by atoms with E-state index >= 15 is 0 Å². The number of nitrogens with zero attached hydrogens (tertiary/aromatic N) is 1. The SMILES string of the molecule is CC(=O)SCc1nc(S)sc1CO. The molecule has 1 aromatic rings. The fraction of sp³-hybridized carbons (Fsp3) is 0.429. The summed E-state index contributed by atoms with van der Waals surface area (Å²) in [6.07, 6.45) is 0. The van der Waals surface area contributed by atoms with Crippen molar-refractivity contribution < 1.29 is 9.90 Å². The zero-order valence-corrected chi connectivity index (χ0v) is 9.51. The van der Waals surface area contributed by atoms with Crippen LogP contribution in [0.3, 0.4) is 0 Å². The number of rotatable bonds is 3. The van der Waals surface area contributed by atoms with Crippen LogP contribution in [0, 0.1) is 0 Å². The molecule has 0 fully saturated rings. The molecule has 0 unspecified atom stereocenters. The average molecular weight is 235 g/mol. The lowest BCUT2D eigenvalue weighted by atomic mass is 10.4. The Morgan fingerprint density at radius 3 is 3.00 bits per heavy atom. The van der Waals surface area contributed by atoms with Gasteiger partial charge in [-0.25, -0.2) is 4.98 Å². The number of hydrogen-bond acceptors (Lipinski definition) is 6. The molecule has 0 amide bonds. The van der Waals surface area contributed by atoms with Crippen LogP contribution in [0.5, 0.6) is 0 Å². The van der Waals surface area contributed by atoms with Crippen LogP contribution in [-0.4, -0.2) is 15.2 Å². The Morgan fingerprint density at radius 1 is 1.77 bits per heavy atom. The Bertz CT molecular complexity index is 311. The van der Waals surface area contributed by atoms with Gasteiger partial charge in [0.1, 0.15) is 4.34 Å². The molecule has 0 aliphatic heterocycles. The molecule has 0 saturated carbocycles. The molecule has 0 aromatic carbocycles. The minimum atomic E-state index is -0.0357. The van der Waals surface area contributed by atoms with Crippen LogP contribution in [0.15, 0.2) is 4.34 Å². The maximum Gasteiger partial charge on any atom is 0.186 e. The number of aromatic nitrogens is 1. The summed E-state index contributed by atoms with van der Waals surface area (Å²) >= 11 is 6.61. The van der Waals surface area contributed by atoms with Crippen LogP contribution in [0.25, 0.3) is 0 Å². The second-order valence-corrected chi connectivity index (χ2v) is 5.27. The first-order chi connectivity index (χ1) is 6.13. The molecule has 0 radical (unpaired) electrons. The first-order valence-corrected chi connectivity index (χ1v) is 5.80. The predicted molar refractivity (Wildman–Crippen MR) is 57.3 cm³/mol. The van der Waals surface area contributed by atoms with E-state index in [4.69, 9.17) is 5.11 Å². The van der Waals surface area contributed by atoms with Gasteiger partial charge in [0.05, 0.1) is 17.2 Å². The Hall–Kier alpha value is -0.0400. The summed E-state index contributed by atoms with van der Waals surface area (Å²) in [5.41, 5.74) is 0.762. The largest absolute Gasteiger partial charge is 0.391 e. The van der Waals surface area contributed by atoms with Crippen LogP contribution in [0.2, 0.25) is 0 Å². The fourth-order valence-electron chi connectivity index (χ4n) is 0.776. The van der Waals surface area contributed by atoms with E-state index in [-0.39, 0.29) is 11.7 Å². The lowest BCUT2D eigenvalue weighted by molar-refractivity contribution is -0.109. The average Bonchev–Trinajstić information content (AvgIpc) is 2.42. The van der Waals surface area contributed by atoms with Crippen molar-refractivity contribution >= 4 is 40.8 Å². The zero-order chi connectivity index (χ0) is 9.84. The fourth-order valence-corrected chi connectivity index (χ4v) is 2.57. The normalized spacial score (nSPS) is 10.4. The highest BCUT2D eigenvalue weighted by Crippen LogP contribution is 2.24. The summed E-state index contributed by atoms with van der Waals surface area (Å²) in [7, 11) is 0. The van der Waals surface area contributed by atoms with Gasteiger partial charge >= 0.3 is 0 Å². The van der Waals surface area contributed by atoms with Crippen LogP contribution in [0.4, 0.5) is 0 Å². The topological polar surface area (TPSA) is 50.2 Å². The van der Waals surface area contributed by atoms with Crippen molar-refractivity contribution in [3.8, 4) is 0 Å². The molecule has 6 heteroatoms. The molecule has 0 aliphatic carbocycles. The van der Waals surface area contributed by atoms with Gasteiger partial charge in [-0.05, 0) is 0 Å². The highest BCUT2D eigenvalue weighted by atomic mass is 32.2. The Balaban J connectivity index is 2.69. The number of aliphatic hydroxyl groups is 1. The summed E-state index contributed by atoms with van der Waals surface area (Å²) in [6.45, 7) is 1.48. The molecule has 0 saturated heterocycles. The third-order valence-electron chi connectivity index (χ3n) is 1.32. The smallest absolute Gasteiger partial charge is 0.186 e. The van der Waals surface area contributed by atoms with E-state index in [1.165, 1.54) is 30.0 Å². The van der Waals surface area contributed by atoms with Crippen molar-refractivity contribution in [1.82, 2.24) is 4.98 Å². The van der Waals surface area contributed by atoms with Crippen LogP contribution < -0.4 is 0 Å². The predicted octanol–water partition coefficient (Wildman–Crippen LogP) is 1.70. The van der Waals surface area contributed by atoms with Crippen LogP contribution in [0.1, 0.15) is 17.5 Å². The van der Waals surface area contributed by atoms with Crippen molar-refractivity contribution in [2.75, 3.05) is 0 Å². The molecule has 13 heavy (non-hydrogen) atoms. The van der Waals surface area contributed by atoms with Crippen LogP contribution in [-0.2, 0) is 17.2 Å². The Labute approximate surface area is 90.0 Å². The minimum absolute atomic E-state index is 0.0357. The second-order valence-electron chi connectivity index (χ2n) is 2.30. The van der Waals surface area contributed by atoms with Crippen molar-refractivity contribution in [2.24, 2.45) is 0 Å². The van der Waals surface area contributed by atoms with Gasteiger partial charge in [0.2, 0.25) is 0 Å². The number of thiazole rings is 1. The number of carbonyl (C=O) groups is 1. The van der Waals surface area contributed by atoms with E-state index in [1.54, 1.807) is 0 Å². The molecule has 1 heterocycles. The standard InChI is InChI=1S/C7H9NO2S3/c1-4(10)12-3-5-6(2-9)13-7(11)8-5/h9H,2-3H2,1H3,(H,8,11). The van der Waals surface area contributed by atoms with Gasteiger partial charge in [-0.15, -0.1) is 24.0 Å². The lowest BCUT2D eigenvalue weighted by Crippen LogP contribution is -1.90. The van der Waals surface area contributed by atoms with Crippen molar-refractivity contribution in [3.05, 3.63) is 10.6 Å². The molecule has 3 nitrogen and oxygen atoms in total. The van der Waals surface area contributed by atoms with Crippen molar-refractivity contribution in [3.63, 3.8) is 0 Å². The first kappa shape index (κ1) is 11.0. The first-order valence-electron chi connectivity index (χ1n) is 3.55. The van der Waals surface area contributed by atoms with E-state index in [1.807, 2.05) is 0 Å². The molecule has 72 valence electrons. The van der Waals surface area contributed by atoms with Crippen molar-refractivity contribution in [2.45, 2.75) is 23.6 Å². The molecular formula is C7H9NO2S3. The van der Waals surface area contributed by atoms with Crippen LogP contribution >= 0.6 is 35.7 Å². The Morgan fingerprint density at radius 2 is 2.46 bits per heavy atom. The molecule has 0 bridgehead atoms. The number of carbonyl (C=O) groups excluding carboxylic acids is 1. The Kier molecular flexibility index (Phi) is 4.24. The van der Waals surface area contributed by atoms with E-state index in [0.717, 1.165) is 10.6 Å². The molecule has 1 rings (SSSR count). The molecule has 0 aliphatic rings. The number of hydrogen-bond donors (Lipinski definition) is 2. The minimum Gasteiger partial charge on any atom is -0.391 e. The summed E-state index contributed by atoms with van der Waals surface area (Å²) in [4.78, 5) is 15.6. The summed E-state index contributed by atoms with van der Waals surface area (Å²) in [6, 6.07) is 0. The molecule has 1 N–H and O–H groups in total. The van der Waals surface area contributed by atoms with Gasteiger partial charge in [0, 0.05) is 12.7 Å². The zero-order valence-electron chi connectivity index (χ0n) is 6.98. The highest BCUT2D eigenvalue weighted by Gasteiger charge is 2.09. The number of thioether (sulfide) groups is 1. The monoisotopic (exact) mass is 235 g/mol. The number of aliphatic hydroxyl groups excluding tert-OH is 1. The van der Waals surface area contributed by atoms with Gasteiger partial charge in [-0.2, -0.15) is 0 Å². The van der Waals surface area contributed by atoms with E-state index in [0.29, 0.717) is 10.1 Å². The van der Waals surface area contributed by atoms with Gasteiger partial charge in [0.25, 0.3) is 0 Å². The molecule has 0 atom stereocenters. The number of thiol groups is 1. The van der Waals surface area contributed by atoms with E-state index < -0.39 is 0 Å². The summed E-state index contributed by atoms with van der Waals surface area (Å²) < 4.78 is 0.628. The van der Waals surface area contributed by atoms with Crippen molar-refractivity contribution in [1.29, 1.82) is 0 Å². The van der Waals surface area contributed by atoms with Gasteiger partial charge < -0.3 is 5.11 Å². The second kappa shape index (κ2) is 4.99. The maximum absolute atomic E-state index is 10.7. The summed E-state index contributed by atoms with van der Waals surface area (Å²) in [5, 5.41) is 8.99. The van der Waals surface area contributed by atoms with Gasteiger partial charge in [0.15, 0.2) is 5.12 Å². The summed E-state index contributed by atoms with van der Waals surface area (Å²) in [5.74, 6) is 0.516. The van der Waals surface area contributed by atoms with E-state index in [2.05, 4.69) is 17.6 Å². The quantitative estimate of drug-likeness (QED) is 0.783. The third-order valence-corrected chi connectivity index (χ3v) is 3.41. The van der Waals surface area contributed by atoms with E-state index in [9.17, 15) is 4.79 Å². The van der Waals surface area contributed by atoms with Gasteiger partial charge in [-0.1, -0.05) is 11.8 Å². The molecule has 0 spiro atoms.